The zero-order chi connectivity index (χ0) is 21.3. The first-order valence-corrected chi connectivity index (χ1v) is 9.86. The lowest BCUT2D eigenvalue weighted by molar-refractivity contribution is -0.116. The fourth-order valence-corrected chi connectivity index (χ4v) is 3.33. The van der Waals surface area contributed by atoms with Crippen LogP contribution in [0, 0.1) is 0 Å². The number of hydrogen-bond donors (Lipinski definition) is 4. The average molecular weight is 409 g/mol. The van der Waals surface area contributed by atoms with Crippen LogP contribution >= 0.6 is 0 Å². The minimum Gasteiger partial charge on any atom is -0.497 e. The summed E-state index contributed by atoms with van der Waals surface area (Å²) in [5.41, 5.74) is 2.56. The Morgan fingerprint density at radius 2 is 1.83 bits per heavy atom. The summed E-state index contributed by atoms with van der Waals surface area (Å²) in [6.07, 6.45) is 0.429. The molecule has 0 radical (unpaired) electrons. The number of hydrogen-bond acceptors (Lipinski definition) is 4. The third kappa shape index (κ3) is 5.50. The summed E-state index contributed by atoms with van der Waals surface area (Å²) in [5.74, 6) is 1.28. The monoisotopic (exact) mass is 409 g/mol. The predicted octanol–water partition coefficient (Wildman–Crippen LogP) is 1.72. The molecule has 2 amide bonds. The highest BCUT2D eigenvalue weighted by atomic mass is 16.5. The average Bonchev–Trinajstić information content (AvgIpc) is 2.78. The molecule has 1 atom stereocenters. The summed E-state index contributed by atoms with van der Waals surface area (Å²) in [5, 5.41) is 12.2. The number of aliphatic imine (C=N–C) groups is 1. The largest absolute Gasteiger partial charge is 0.497 e. The Morgan fingerprint density at radius 3 is 2.57 bits per heavy atom. The standard InChI is InChI=1S/C22H27N5O3/c1-23-22(25-12-11-24-21(29)15-7-9-17(30-2)10-8-15)26-14-16-13-20(28)27-19-6-4-3-5-18(16)19/h3-10,16H,11-14H2,1-2H3,(H,24,29)(H,27,28)(H2,23,25,26). The Bertz CT molecular complexity index is 911. The van der Waals surface area contributed by atoms with E-state index in [1.54, 1.807) is 38.4 Å². The van der Waals surface area contributed by atoms with Gasteiger partial charge in [-0.15, -0.1) is 0 Å². The van der Waals surface area contributed by atoms with Gasteiger partial charge >= 0.3 is 0 Å². The molecule has 0 spiro atoms. The van der Waals surface area contributed by atoms with Crippen LogP contribution in [0.15, 0.2) is 53.5 Å². The van der Waals surface area contributed by atoms with Crippen molar-refractivity contribution in [1.29, 1.82) is 0 Å². The van der Waals surface area contributed by atoms with Crippen molar-refractivity contribution in [3.05, 3.63) is 59.7 Å². The second-order valence-corrected chi connectivity index (χ2v) is 6.90. The normalized spacial score (nSPS) is 15.6. The molecule has 0 fully saturated rings. The zero-order valence-corrected chi connectivity index (χ0v) is 17.2. The number of anilines is 1. The topological polar surface area (TPSA) is 104 Å². The number of guanidine groups is 1. The zero-order valence-electron chi connectivity index (χ0n) is 17.2. The van der Waals surface area contributed by atoms with Crippen LogP contribution in [0.4, 0.5) is 5.69 Å². The van der Waals surface area contributed by atoms with Gasteiger partial charge in [0.1, 0.15) is 5.75 Å². The van der Waals surface area contributed by atoms with Crippen LogP contribution in [0.1, 0.15) is 28.3 Å². The maximum atomic E-state index is 12.2. The van der Waals surface area contributed by atoms with Crippen molar-refractivity contribution in [1.82, 2.24) is 16.0 Å². The van der Waals surface area contributed by atoms with Gasteiger partial charge in [0.15, 0.2) is 5.96 Å². The summed E-state index contributed by atoms with van der Waals surface area (Å²) in [6.45, 7) is 1.55. The van der Waals surface area contributed by atoms with Crippen LogP contribution in [0.2, 0.25) is 0 Å². The molecule has 4 N–H and O–H groups in total. The molecule has 158 valence electrons. The van der Waals surface area contributed by atoms with E-state index in [-0.39, 0.29) is 17.7 Å². The van der Waals surface area contributed by atoms with Gasteiger partial charge in [-0.1, -0.05) is 18.2 Å². The number of carbonyl (C=O) groups is 2. The highest BCUT2D eigenvalue weighted by Crippen LogP contribution is 2.31. The van der Waals surface area contributed by atoms with Crippen LogP contribution < -0.4 is 26.0 Å². The number of benzene rings is 2. The summed E-state index contributed by atoms with van der Waals surface area (Å²) in [7, 11) is 3.27. The number of fused-ring (bicyclic) bond motifs is 1. The summed E-state index contributed by atoms with van der Waals surface area (Å²) >= 11 is 0. The van der Waals surface area contributed by atoms with Gasteiger partial charge in [0.2, 0.25) is 5.91 Å². The summed E-state index contributed by atoms with van der Waals surface area (Å²) in [6, 6.07) is 14.8. The van der Waals surface area contributed by atoms with Gasteiger partial charge in [-0.25, -0.2) is 0 Å². The van der Waals surface area contributed by atoms with Gasteiger partial charge < -0.3 is 26.0 Å². The van der Waals surface area contributed by atoms with Crippen molar-refractivity contribution in [2.45, 2.75) is 12.3 Å². The Hall–Kier alpha value is -3.55. The molecule has 1 aliphatic heterocycles. The lowest BCUT2D eigenvalue weighted by atomic mass is 9.90. The molecule has 1 unspecified atom stereocenters. The van der Waals surface area contributed by atoms with Crippen LogP contribution in [0.3, 0.4) is 0 Å². The first kappa shape index (κ1) is 21.2. The number of carbonyl (C=O) groups excluding carboxylic acids is 2. The molecule has 0 aromatic heterocycles. The van der Waals surface area contributed by atoms with E-state index in [1.807, 2.05) is 24.3 Å². The van der Waals surface area contributed by atoms with E-state index in [4.69, 9.17) is 4.74 Å². The van der Waals surface area contributed by atoms with Gasteiger partial charge in [-0.3, -0.25) is 14.6 Å². The van der Waals surface area contributed by atoms with Gasteiger partial charge in [0.25, 0.3) is 5.91 Å². The first-order chi connectivity index (χ1) is 14.6. The van der Waals surface area contributed by atoms with E-state index in [9.17, 15) is 9.59 Å². The third-order valence-electron chi connectivity index (χ3n) is 4.90. The number of para-hydroxylation sites is 1. The fourth-order valence-electron chi connectivity index (χ4n) is 3.33. The molecular formula is C22H27N5O3. The van der Waals surface area contributed by atoms with Gasteiger partial charge in [-0.05, 0) is 35.9 Å². The van der Waals surface area contributed by atoms with Crippen molar-refractivity contribution in [2.75, 3.05) is 39.1 Å². The quantitative estimate of drug-likeness (QED) is 0.317. The first-order valence-electron chi connectivity index (χ1n) is 9.86. The SMILES string of the molecule is CN=C(NCCNC(=O)c1ccc(OC)cc1)NCC1CC(=O)Nc2ccccc21. The van der Waals surface area contributed by atoms with Crippen LogP contribution in [-0.2, 0) is 4.79 Å². The van der Waals surface area contributed by atoms with Gasteiger partial charge in [-0.2, -0.15) is 0 Å². The second-order valence-electron chi connectivity index (χ2n) is 6.90. The number of nitrogens with zero attached hydrogens (tertiary/aromatic N) is 1. The Labute approximate surface area is 176 Å². The molecule has 1 heterocycles. The molecule has 0 saturated carbocycles. The van der Waals surface area contributed by atoms with E-state index in [0.29, 0.717) is 43.3 Å². The summed E-state index contributed by atoms with van der Waals surface area (Å²) < 4.78 is 5.09. The van der Waals surface area contributed by atoms with Crippen LogP contribution in [0.25, 0.3) is 0 Å². The fraction of sp³-hybridized carbons (Fsp3) is 0.318. The number of methoxy groups -OCH3 is 1. The number of ether oxygens (including phenoxy) is 1. The van der Waals surface area contributed by atoms with E-state index in [2.05, 4.69) is 26.3 Å². The minimum atomic E-state index is -0.146. The molecule has 3 rings (SSSR count). The Kier molecular flexibility index (Phi) is 7.26. The van der Waals surface area contributed by atoms with E-state index in [0.717, 1.165) is 11.3 Å². The van der Waals surface area contributed by atoms with E-state index < -0.39 is 0 Å². The molecule has 8 heteroatoms. The lowest BCUT2D eigenvalue weighted by Crippen LogP contribution is -2.43. The number of amides is 2. The maximum Gasteiger partial charge on any atom is 0.251 e. The van der Waals surface area contributed by atoms with Gasteiger partial charge in [0, 0.05) is 50.3 Å². The van der Waals surface area contributed by atoms with Crippen molar-refractivity contribution in [3.8, 4) is 5.75 Å². The second kappa shape index (κ2) is 10.3. The van der Waals surface area contributed by atoms with E-state index in [1.165, 1.54) is 0 Å². The van der Waals surface area contributed by atoms with Crippen molar-refractivity contribution in [3.63, 3.8) is 0 Å². The van der Waals surface area contributed by atoms with Crippen LogP contribution in [0.5, 0.6) is 5.75 Å². The molecule has 2 aromatic rings. The molecule has 0 bridgehead atoms. The molecular weight excluding hydrogens is 382 g/mol. The smallest absolute Gasteiger partial charge is 0.251 e. The Balaban J connectivity index is 1.43. The summed E-state index contributed by atoms with van der Waals surface area (Å²) in [4.78, 5) is 28.3. The molecule has 0 saturated heterocycles. The minimum absolute atomic E-state index is 0.0182. The van der Waals surface area contributed by atoms with E-state index >= 15 is 0 Å². The predicted molar refractivity (Wildman–Crippen MR) is 117 cm³/mol. The van der Waals surface area contributed by atoms with Crippen molar-refractivity contribution in [2.24, 2.45) is 4.99 Å². The van der Waals surface area contributed by atoms with Crippen LogP contribution in [-0.4, -0.2) is 51.6 Å². The van der Waals surface area contributed by atoms with Crippen molar-refractivity contribution < 1.29 is 14.3 Å². The maximum absolute atomic E-state index is 12.2. The molecule has 30 heavy (non-hydrogen) atoms. The third-order valence-corrected chi connectivity index (χ3v) is 4.90. The van der Waals surface area contributed by atoms with Gasteiger partial charge in [0.05, 0.1) is 7.11 Å². The lowest BCUT2D eigenvalue weighted by Gasteiger charge is -2.26. The molecule has 0 aliphatic carbocycles. The molecule has 8 nitrogen and oxygen atoms in total. The highest BCUT2D eigenvalue weighted by molar-refractivity contribution is 5.95. The Morgan fingerprint density at radius 1 is 1.10 bits per heavy atom. The number of nitrogens with one attached hydrogen (secondary N) is 4. The molecule has 2 aromatic carbocycles. The van der Waals surface area contributed by atoms with Crippen molar-refractivity contribution >= 4 is 23.5 Å². The molecule has 1 aliphatic rings. The highest BCUT2D eigenvalue weighted by Gasteiger charge is 2.24. The number of rotatable bonds is 7.